The zero-order chi connectivity index (χ0) is 19.7. The molecule has 5 nitrogen and oxygen atoms in total. The minimum absolute atomic E-state index is 0.0526. The highest BCUT2D eigenvalue weighted by molar-refractivity contribution is 5.78. The number of likely N-dealkylation sites (tertiary alicyclic amines) is 1. The fourth-order valence-electron chi connectivity index (χ4n) is 5.20. The predicted octanol–water partition coefficient (Wildman–Crippen LogP) is 2.92. The van der Waals surface area contributed by atoms with Gasteiger partial charge in [-0.2, -0.15) is 0 Å². The van der Waals surface area contributed by atoms with Crippen LogP contribution in [0, 0.1) is 5.82 Å². The standard InChI is InChI=1S/C22H29FN2O3/c1-15(26)25-18-5-6-19(25)14-21(13-18)28-20-7-9-24(10-8-20)22(27)12-16-3-2-4-17(23)11-16/h2-4,11,18-21H,5-10,12-14H2,1H3/t18-,19+,21?. The molecule has 3 aliphatic heterocycles. The number of piperidine rings is 2. The largest absolute Gasteiger partial charge is 0.375 e. The van der Waals surface area contributed by atoms with Crippen LogP contribution in [-0.2, 0) is 20.7 Å². The van der Waals surface area contributed by atoms with Crippen LogP contribution in [0.25, 0.3) is 0 Å². The Labute approximate surface area is 165 Å². The second kappa shape index (κ2) is 8.19. The first kappa shape index (κ1) is 19.4. The molecule has 0 N–H and O–H groups in total. The van der Waals surface area contributed by atoms with Crippen LogP contribution in [-0.4, -0.2) is 59.0 Å². The van der Waals surface area contributed by atoms with Gasteiger partial charge in [-0.3, -0.25) is 9.59 Å². The maximum atomic E-state index is 13.3. The number of amides is 2. The Kier molecular flexibility index (Phi) is 5.67. The lowest BCUT2D eigenvalue weighted by atomic mass is 9.98. The number of fused-ring (bicyclic) bond motifs is 2. The van der Waals surface area contributed by atoms with Crippen LogP contribution < -0.4 is 0 Å². The number of carbonyl (C=O) groups is 2. The van der Waals surface area contributed by atoms with Crippen LogP contribution in [0.5, 0.6) is 0 Å². The number of carbonyl (C=O) groups excluding carboxylic acids is 2. The number of nitrogens with zero attached hydrogens (tertiary/aromatic N) is 2. The van der Waals surface area contributed by atoms with Crippen LogP contribution >= 0.6 is 0 Å². The number of ether oxygens (including phenoxy) is 1. The van der Waals surface area contributed by atoms with E-state index < -0.39 is 0 Å². The summed E-state index contributed by atoms with van der Waals surface area (Å²) in [6, 6.07) is 6.93. The molecule has 1 aromatic carbocycles. The highest BCUT2D eigenvalue weighted by atomic mass is 19.1. The minimum atomic E-state index is -0.304. The summed E-state index contributed by atoms with van der Waals surface area (Å²) in [6.07, 6.45) is 6.42. The Hall–Kier alpha value is -1.95. The zero-order valence-electron chi connectivity index (χ0n) is 16.5. The van der Waals surface area contributed by atoms with Crippen molar-refractivity contribution < 1.29 is 18.7 Å². The first-order chi connectivity index (χ1) is 13.5. The Morgan fingerprint density at radius 3 is 2.36 bits per heavy atom. The third-order valence-corrected chi connectivity index (χ3v) is 6.48. The summed E-state index contributed by atoms with van der Waals surface area (Å²) in [5.41, 5.74) is 0.719. The van der Waals surface area contributed by atoms with E-state index in [-0.39, 0.29) is 36.3 Å². The van der Waals surface area contributed by atoms with E-state index in [2.05, 4.69) is 4.90 Å². The Bertz CT molecular complexity index is 718. The van der Waals surface area contributed by atoms with E-state index >= 15 is 0 Å². The van der Waals surface area contributed by atoms with Crippen LogP contribution in [0.1, 0.15) is 51.0 Å². The lowest BCUT2D eigenvalue weighted by molar-refractivity contribution is -0.139. The van der Waals surface area contributed by atoms with Gasteiger partial charge in [0.2, 0.25) is 11.8 Å². The molecule has 0 saturated carbocycles. The monoisotopic (exact) mass is 388 g/mol. The second-order valence-corrected chi connectivity index (χ2v) is 8.43. The van der Waals surface area contributed by atoms with Crippen LogP contribution in [0.2, 0.25) is 0 Å². The maximum Gasteiger partial charge on any atom is 0.226 e. The number of hydrogen-bond donors (Lipinski definition) is 0. The van der Waals surface area contributed by atoms with Gasteiger partial charge in [0.1, 0.15) is 5.82 Å². The van der Waals surface area contributed by atoms with Crippen molar-refractivity contribution in [3.8, 4) is 0 Å². The molecule has 1 aromatic rings. The lowest BCUT2D eigenvalue weighted by Crippen LogP contribution is -2.49. The first-order valence-corrected chi connectivity index (χ1v) is 10.5. The molecule has 4 rings (SSSR count). The Balaban J connectivity index is 1.24. The normalized spacial score (nSPS) is 27.9. The van der Waals surface area contributed by atoms with Gasteiger partial charge in [0.15, 0.2) is 0 Å². The maximum absolute atomic E-state index is 13.3. The van der Waals surface area contributed by atoms with Gasteiger partial charge in [0, 0.05) is 32.1 Å². The average molecular weight is 388 g/mol. The summed E-state index contributed by atoms with van der Waals surface area (Å²) in [6.45, 7) is 3.05. The van der Waals surface area contributed by atoms with E-state index in [1.54, 1.807) is 19.1 Å². The number of rotatable bonds is 4. The van der Waals surface area contributed by atoms with E-state index in [9.17, 15) is 14.0 Å². The molecule has 152 valence electrons. The molecule has 0 radical (unpaired) electrons. The minimum Gasteiger partial charge on any atom is -0.375 e. The summed E-state index contributed by atoms with van der Waals surface area (Å²) >= 11 is 0. The van der Waals surface area contributed by atoms with Crippen molar-refractivity contribution >= 4 is 11.8 Å². The van der Waals surface area contributed by atoms with E-state index in [0.717, 1.165) is 44.1 Å². The van der Waals surface area contributed by atoms with Crippen LogP contribution in [0.3, 0.4) is 0 Å². The molecule has 3 heterocycles. The summed E-state index contributed by atoms with van der Waals surface area (Å²) in [4.78, 5) is 28.3. The van der Waals surface area contributed by atoms with E-state index in [4.69, 9.17) is 4.74 Å². The van der Waals surface area contributed by atoms with Crippen molar-refractivity contribution in [3.63, 3.8) is 0 Å². The molecule has 0 aromatic heterocycles. The lowest BCUT2D eigenvalue weighted by Gasteiger charge is -2.41. The molecular weight excluding hydrogens is 359 g/mol. The van der Waals surface area contributed by atoms with Gasteiger partial charge in [0.05, 0.1) is 18.6 Å². The number of hydrogen-bond acceptors (Lipinski definition) is 3. The molecule has 3 fully saturated rings. The topological polar surface area (TPSA) is 49.9 Å². The van der Waals surface area contributed by atoms with Crippen molar-refractivity contribution in [3.05, 3.63) is 35.6 Å². The Morgan fingerprint density at radius 2 is 1.75 bits per heavy atom. The van der Waals surface area contributed by atoms with Gasteiger partial charge in [0.25, 0.3) is 0 Å². The first-order valence-electron chi connectivity index (χ1n) is 10.5. The number of benzene rings is 1. The fourth-order valence-corrected chi connectivity index (χ4v) is 5.20. The van der Waals surface area contributed by atoms with Gasteiger partial charge in [-0.25, -0.2) is 4.39 Å². The van der Waals surface area contributed by atoms with Crippen LogP contribution in [0.15, 0.2) is 24.3 Å². The molecule has 3 aliphatic rings. The zero-order valence-corrected chi connectivity index (χ0v) is 16.5. The second-order valence-electron chi connectivity index (χ2n) is 8.43. The van der Waals surface area contributed by atoms with E-state index in [0.29, 0.717) is 25.2 Å². The van der Waals surface area contributed by atoms with Crippen molar-refractivity contribution in [2.24, 2.45) is 0 Å². The summed E-state index contributed by atoms with van der Waals surface area (Å²) in [5, 5.41) is 0. The quantitative estimate of drug-likeness (QED) is 0.797. The van der Waals surface area contributed by atoms with Gasteiger partial charge in [-0.15, -0.1) is 0 Å². The van der Waals surface area contributed by atoms with E-state index in [1.807, 2.05) is 4.90 Å². The van der Waals surface area contributed by atoms with Crippen molar-refractivity contribution in [2.75, 3.05) is 13.1 Å². The average Bonchev–Trinajstić information content (AvgIpc) is 2.94. The third kappa shape index (κ3) is 4.22. The summed E-state index contributed by atoms with van der Waals surface area (Å²) < 4.78 is 19.7. The van der Waals surface area contributed by atoms with Crippen molar-refractivity contribution in [1.29, 1.82) is 0 Å². The fraction of sp³-hybridized carbons (Fsp3) is 0.636. The molecule has 6 heteroatoms. The van der Waals surface area contributed by atoms with Gasteiger partial charge >= 0.3 is 0 Å². The third-order valence-electron chi connectivity index (χ3n) is 6.48. The van der Waals surface area contributed by atoms with Crippen LogP contribution in [0.4, 0.5) is 4.39 Å². The number of halogens is 1. The molecule has 0 aliphatic carbocycles. The molecule has 3 saturated heterocycles. The van der Waals surface area contributed by atoms with Crippen molar-refractivity contribution in [2.45, 2.75) is 76.2 Å². The molecule has 28 heavy (non-hydrogen) atoms. The van der Waals surface area contributed by atoms with Crippen molar-refractivity contribution in [1.82, 2.24) is 9.80 Å². The molecule has 2 amide bonds. The molecule has 0 spiro atoms. The summed E-state index contributed by atoms with van der Waals surface area (Å²) in [7, 11) is 0. The predicted molar refractivity (Wildman–Crippen MR) is 103 cm³/mol. The Morgan fingerprint density at radius 1 is 1.07 bits per heavy atom. The highest BCUT2D eigenvalue weighted by Gasteiger charge is 2.43. The smallest absolute Gasteiger partial charge is 0.226 e. The van der Waals surface area contributed by atoms with Gasteiger partial charge in [-0.1, -0.05) is 12.1 Å². The molecule has 2 bridgehead atoms. The molecule has 1 unspecified atom stereocenters. The highest BCUT2D eigenvalue weighted by Crippen LogP contribution is 2.37. The molecule has 3 atom stereocenters. The SMILES string of the molecule is CC(=O)N1[C@@H]2CC[C@H]1CC(OC1CCN(C(=O)Cc3cccc(F)c3)CC1)C2. The van der Waals surface area contributed by atoms with E-state index in [1.165, 1.54) is 12.1 Å². The molecular formula is C22H29FN2O3. The van der Waals surface area contributed by atoms with Gasteiger partial charge in [-0.05, 0) is 56.2 Å². The summed E-state index contributed by atoms with van der Waals surface area (Å²) in [5.74, 6) is -0.0601. The van der Waals surface area contributed by atoms with Gasteiger partial charge < -0.3 is 14.5 Å².